The number of halogens is 2. The molecule has 0 atom stereocenters. The first-order valence-electron chi connectivity index (χ1n) is 4.88. The van der Waals surface area contributed by atoms with E-state index in [1.54, 1.807) is 6.20 Å². The number of aromatic nitrogens is 1. The number of aliphatic hydroxyl groups excluding tert-OH is 1. The number of pyridine rings is 1. The summed E-state index contributed by atoms with van der Waals surface area (Å²) in [5.74, 6) is 1.25. The van der Waals surface area contributed by atoms with Crippen molar-refractivity contribution in [2.75, 3.05) is 11.9 Å². The van der Waals surface area contributed by atoms with Crippen LogP contribution < -0.4 is 5.32 Å². The van der Waals surface area contributed by atoms with E-state index >= 15 is 0 Å². The third-order valence-corrected chi connectivity index (χ3v) is 3.30. The first kappa shape index (κ1) is 11.2. The number of nitrogens with zero attached hydrogens (tertiary/aromatic N) is 1. The molecule has 1 aromatic heterocycles. The highest BCUT2D eigenvalue weighted by molar-refractivity contribution is 9.10. The van der Waals surface area contributed by atoms with Crippen LogP contribution in [0, 0.1) is 5.92 Å². The molecule has 1 saturated carbocycles. The monoisotopic (exact) mass is 290 g/mol. The largest absolute Gasteiger partial charge is 0.393 e. The van der Waals surface area contributed by atoms with Gasteiger partial charge in [0.1, 0.15) is 5.82 Å². The molecule has 0 aromatic carbocycles. The highest BCUT2D eigenvalue weighted by atomic mass is 79.9. The van der Waals surface area contributed by atoms with Crippen molar-refractivity contribution in [1.29, 1.82) is 0 Å². The third kappa shape index (κ3) is 2.83. The lowest BCUT2D eigenvalue weighted by Crippen LogP contribution is -2.33. The molecule has 5 heteroatoms. The number of anilines is 1. The minimum atomic E-state index is -0.106. The number of hydrogen-bond donors (Lipinski definition) is 2. The van der Waals surface area contributed by atoms with Crippen LogP contribution in [-0.4, -0.2) is 22.7 Å². The van der Waals surface area contributed by atoms with Crippen LogP contribution >= 0.6 is 27.5 Å². The summed E-state index contributed by atoms with van der Waals surface area (Å²) < 4.78 is 0.872. The number of hydrogen-bond acceptors (Lipinski definition) is 3. The summed E-state index contributed by atoms with van der Waals surface area (Å²) in [6.45, 7) is 0.825. The first-order chi connectivity index (χ1) is 7.15. The second-order valence-electron chi connectivity index (χ2n) is 3.86. The molecule has 82 valence electrons. The van der Waals surface area contributed by atoms with Gasteiger partial charge in [-0.15, -0.1) is 0 Å². The van der Waals surface area contributed by atoms with Gasteiger partial charge in [0.2, 0.25) is 0 Å². The molecule has 2 rings (SSSR count). The molecule has 1 fully saturated rings. The highest BCUT2D eigenvalue weighted by Crippen LogP contribution is 2.28. The summed E-state index contributed by atoms with van der Waals surface area (Å²) in [6.07, 6.45) is 3.36. The second kappa shape index (κ2) is 4.68. The Morgan fingerprint density at radius 1 is 1.60 bits per heavy atom. The van der Waals surface area contributed by atoms with Crippen LogP contribution in [0.1, 0.15) is 12.8 Å². The van der Waals surface area contributed by atoms with Crippen molar-refractivity contribution in [2.45, 2.75) is 18.9 Å². The Hall–Kier alpha value is -0.320. The highest BCUT2D eigenvalue weighted by Gasteiger charge is 2.26. The molecular weight excluding hydrogens is 279 g/mol. The van der Waals surface area contributed by atoms with Gasteiger partial charge in [-0.1, -0.05) is 11.6 Å². The van der Waals surface area contributed by atoms with E-state index in [4.69, 9.17) is 16.7 Å². The van der Waals surface area contributed by atoms with E-state index in [9.17, 15) is 0 Å². The van der Waals surface area contributed by atoms with Gasteiger partial charge in [-0.2, -0.15) is 0 Å². The molecule has 0 bridgehead atoms. The van der Waals surface area contributed by atoms with Gasteiger partial charge in [0.05, 0.1) is 11.1 Å². The molecule has 1 aromatic rings. The summed E-state index contributed by atoms with van der Waals surface area (Å²) in [6, 6.07) is 1.81. The minimum Gasteiger partial charge on any atom is -0.393 e. The lowest BCUT2D eigenvalue weighted by Gasteiger charge is -2.31. The Kier molecular flexibility index (Phi) is 3.49. The zero-order valence-electron chi connectivity index (χ0n) is 8.08. The summed E-state index contributed by atoms with van der Waals surface area (Å²) in [7, 11) is 0. The van der Waals surface area contributed by atoms with Crippen molar-refractivity contribution < 1.29 is 5.11 Å². The minimum absolute atomic E-state index is 0.106. The quantitative estimate of drug-likeness (QED) is 0.900. The van der Waals surface area contributed by atoms with E-state index in [-0.39, 0.29) is 6.10 Å². The molecule has 2 N–H and O–H groups in total. The van der Waals surface area contributed by atoms with Gasteiger partial charge in [0.15, 0.2) is 0 Å². The second-order valence-corrected chi connectivity index (χ2v) is 5.18. The Labute approximate surface area is 102 Å². The maximum absolute atomic E-state index is 9.13. The van der Waals surface area contributed by atoms with Crippen molar-refractivity contribution in [3.63, 3.8) is 0 Å². The Morgan fingerprint density at radius 3 is 2.93 bits per heavy atom. The third-order valence-electron chi connectivity index (χ3n) is 2.58. The zero-order valence-corrected chi connectivity index (χ0v) is 10.4. The van der Waals surface area contributed by atoms with Crippen LogP contribution in [0.15, 0.2) is 16.7 Å². The fourth-order valence-corrected chi connectivity index (χ4v) is 2.35. The normalized spacial score (nSPS) is 24.7. The molecular formula is C10H12BrClN2O. The maximum Gasteiger partial charge on any atom is 0.144 e. The number of nitrogens with one attached hydrogen (secondary N) is 1. The average molecular weight is 292 g/mol. The molecule has 0 saturated heterocycles. The lowest BCUT2D eigenvalue weighted by atomic mass is 9.82. The predicted molar refractivity (Wildman–Crippen MR) is 64.2 cm³/mol. The van der Waals surface area contributed by atoms with Crippen molar-refractivity contribution >= 4 is 33.3 Å². The summed E-state index contributed by atoms with van der Waals surface area (Å²) in [5, 5.41) is 12.9. The first-order valence-corrected chi connectivity index (χ1v) is 6.05. The van der Waals surface area contributed by atoms with Crippen molar-refractivity contribution in [3.8, 4) is 0 Å². The molecule has 0 unspecified atom stereocenters. The van der Waals surface area contributed by atoms with E-state index in [0.29, 0.717) is 16.8 Å². The number of aliphatic hydroxyl groups is 1. The van der Waals surface area contributed by atoms with Crippen LogP contribution in [0.3, 0.4) is 0 Å². The van der Waals surface area contributed by atoms with Crippen LogP contribution in [0.25, 0.3) is 0 Å². The maximum atomic E-state index is 9.13. The summed E-state index contributed by atoms with van der Waals surface area (Å²) in [4.78, 5) is 4.17. The fourth-order valence-electron chi connectivity index (χ4n) is 1.65. The zero-order chi connectivity index (χ0) is 10.8. The van der Waals surface area contributed by atoms with Gasteiger partial charge in [0, 0.05) is 17.2 Å². The Bertz CT molecular complexity index is 355. The molecule has 0 amide bonds. The Balaban J connectivity index is 1.88. The predicted octanol–water partition coefficient (Wildman–Crippen LogP) is 2.68. The SMILES string of the molecule is OC1CC(CNc2ncc(Br)cc2Cl)C1. The molecule has 1 aliphatic rings. The molecule has 0 aliphatic heterocycles. The molecule has 0 spiro atoms. The molecule has 15 heavy (non-hydrogen) atoms. The van der Waals surface area contributed by atoms with Crippen molar-refractivity contribution in [2.24, 2.45) is 5.92 Å². The number of rotatable bonds is 3. The van der Waals surface area contributed by atoms with E-state index in [0.717, 1.165) is 23.9 Å². The summed E-state index contributed by atoms with van der Waals surface area (Å²) in [5.41, 5.74) is 0. The van der Waals surface area contributed by atoms with Crippen LogP contribution in [0.4, 0.5) is 5.82 Å². The van der Waals surface area contributed by atoms with E-state index in [2.05, 4.69) is 26.2 Å². The van der Waals surface area contributed by atoms with Gasteiger partial charge in [-0.25, -0.2) is 4.98 Å². The van der Waals surface area contributed by atoms with Crippen LogP contribution in [0.5, 0.6) is 0 Å². The van der Waals surface area contributed by atoms with Crippen molar-refractivity contribution in [3.05, 3.63) is 21.8 Å². The summed E-state index contributed by atoms with van der Waals surface area (Å²) >= 11 is 9.30. The molecule has 3 nitrogen and oxygen atoms in total. The molecule has 0 radical (unpaired) electrons. The van der Waals surface area contributed by atoms with Gasteiger partial charge in [0.25, 0.3) is 0 Å². The standard InChI is InChI=1S/C10H12BrClN2O/c11-7-3-9(12)10(14-5-7)13-4-6-1-8(15)2-6/h3,5-6,8,15H,1-2,4H2,(H,13,14). The lowest BCUT2D eigenvalue weighted by molar-refractivity contribution is 0.0486. The molecule has 1 aliphatic carbocycles. The fraction of sp³-hybridized carbons (Fsp3) is 0.500. The van der Waals surface area contributed by atoms with Crippen LogP contribution in [0.2, 0.25) is 5.02 Å². The molecule has 1 heterocycles. The topological polar surface area (TPSA) is 45.1 Å². The Morgan fingerprint density at radius 2 is 2.33 bits per heavy atom. The van der Waals surface area contributed by atoms with Gasteiger partial charge in [-0.3, -0.25) is 0 Å². The van der Waals surface area contributed by atoms with E-state index in [1.807, 2.05) is 6.07 Å². The average Bonchev–Trinajstić information content (AvgIpc) is 2.13. The smallest absolute Gasteiger partial charge is 0.144 e. The van der Waals surface area contributed by atoms with Crippen molar-refractivity contribution in [1.82, 2.24) is 4.98 Å². The van der Waals surface area contributed by atoms with Crippen LogP contribution in [-0.2, 0) is 0 Å². The van der Waals surface area contributed by atoms with E-state index in [1.165, 1.54) is 0 Å². The van der Waals surface area contributed by atoms with Gasteiger partial charge < -0.3 is 10.4 Å². The van der Waals surface area contributed by atoms with Gasteiger partial charge in [-0.05, 0) is 40.8 Å². The van der Waals surface area contributed by atoms with E-state index < -0.39 is 0 Å². The van der Waals surface area contributed by atoms with Gasteiger partial charge >= 0.3 is 0 Å².